The molecule has 0 saturated carbocycles. The number of aromatic hydroxyl groups is 5. The van der Waals surface area contributed by atoms with E-state index in [1.807, 2.05) is 0 Å². The van der Waals surface area contributed by atoms with Gasteiger partial charge in [-0.05, 0) is 6.42 Å². The van der Waals surface area contributed by atoms with Crippen molar-refractivity contribution in [2.75, 3.05) is 20.8 Å². The summed E-state index contributed by atoms with van der Waals surface area (Å²) in [6.07, 6.45) is 0.227. The molecule has 0 bridgehead atoms. The predicted octanol–water partition coefficient (Wildman–Crippen LogP) is 3.36. The summed E-state index contributed by atoms with van der Waals surface area (Å²) in [5.74, 6) is -1.59. The van der Waals surface area contributed by atoms with Gasteiger partial charge in [-0.1, -0.05) is 0 Å². The van der Waals surface area contributed by atoms with E-state index in [-0.39, 0.29) is 59.7 Å². The highest BCUT2D eigenvalue weighted by atomic mass is 16.7. The Morgan fingerprint density at radius 3 is 2.31 bits per heavy atom. The van der Waals surface area contributed by atoms with E-state index in [1.165, 1.54) is 44.6 Å². The maximum Gasteiger partial charge on any atom is 0.223 e. The van der Waals surface area contributed by atoms with Gasteiger partial charge in [-0.2, -0.15) is 0 Å². The van der Waals surface area contributed by atoms with Gasteiger partial charge in [-0.15, -0.1) is 0 Å². The smallest absolute Gasteiger partial charge is 0.223 e. The molecule has 3 aromatic rings. The molecule has 6 rings (SSSR count). The van der Waals surface area contributed by atoms with Gasteiger partial charge in [0.1, 0.15) is 64.0 Å². The van der Waals surface area contributed by atoms with Crippen molar-refractivity contribution in [2.45, 2.75) is 30.1 Å². The number of methoxy groups -OCH3 is 2. The molecule has 36 heavy (non-hydrogen) atoms. The highest BCUT2D eigenvalue weighted by molar-refractivity contribution is 5.60. The van der Waals surface area contributed by atoms with Gasteiger partial charge in [-0.3, -0.25) is 0 Å². The van der Waals surface area contributed by atoms with Crippen LogP contribution in [0.25, 0.3) is 0 Å². The largest absolute Gasteiger partial charge is 0.508 e. The fourth-order valence-electron chi connectivity index (χ4n) is 5.75. The van der Waals surface area contributed by atoms with E-state index in [2.05, 4.69) is 0 Å². The minimum atomic E-state index is -1.47. The van der Waals surface area contributed by atoms with Crippen LogP contribution in [-0.2, 0) is 16.8 Å². The van der Waals surface area contributed by atoms with Crippen molar-refractivity contribution in [1.29, 1.82) is 0 Å². The molecule has 3 heterocycles. The molecule has 1 saturated heterocycles. The second-order valence-electron chi connectivity index (χ2n) is 9.27. The molecule has 0 amide bonds. The first-order valence-corrected chi connectivity index (χ1v) is 11.3. The lowest BCUT2D eigenvalue weighted by Crippen LogP contribution is -2.42. The first-order chi connectivity index (χ1) is 17.2. The van der Waals surface area contributed by atoms with E-state index in [1.54, 1.807) is 6.07 Å². The van der Waals surface area contributed by atoms with E-state index >= 15 is 0 Å². The third-order valence-electron chi connectivity index (χ3n) is 7.19. The van der Waals surface area contributed by atoms with Crippen molar-refractivity contribution in [3.63, 3.8) is 0 Å². The lowest BCUT2D eigenvalue weighted by Gasteiger charge is -2.32. The minimum Gasteiger partial charge on any atom is -0.508 e. The highest BCUT2D eigenvalue weighted by Crippen LogP contribution is 2.66. The quantitative estimate of drug-likeness (QED) is 0.364. The molecular weight excluding hydrogens is 472 g/mol. The molecule has 10 heteroatoms. The molecule has 1 fully saturated rings. The van der Waals surface area contributed by atoms with Crippen LogP contribution in [0.15, 0.2) is 36.4 Å². The van der Waals surface area contributed by atoms with Crippen molar-refractivity contribution in [3.8, 4) is 51.7 Å². The molecule has 5 N–H and O–H groups in total. The standard InChI is InChI=1S/C26H24O10/c1-32-14-7-17(29)15(20(8-14)33-2)9-26-16(23-18(30)3-12(27)5-21(23)35-26)10-25(36-26)11-34-22-6-13(28)4-19(31)24(22)25/h3-8,16,27-31H,9-11H2,1-2H3/t16-,25+,26-/m1/s1. The Morgan fingerprint density at radius 1 is 0.861 bits per heavy atom. The summed E-state index contributed by atoms with van der Waals surface area (Å²) in [5, 5.41) is 52.4. The lowest BCUT2D eigenvalue weighted by molar-refractivity contribution is -0.208. The number of fused-ring (bicyclic) bond motifs is 5. The van der Waals surface area contributed by atoms with Crippen LogP contribution in [0.2, 0.25) is 0 Å². The van der Waals surface area contributed by atoms with Crippen LogP contribution in [0.5, 0.6) is 51.7 Å². The van der Waals surface area contributed by atoms with Crippen molar-refractivity contribution in [2.24, 2.45) is 0 Å². The molecule has 3 atom stereocenters. The fourth-order valence-corrected chi connectivity index (χ4v) is 5.75. The summed E-state index contributed by atoms with van der Waals surface area (Å²) in [6, 6.07) is 8.30. The first-order valence-electron chi connectivity index (χ1n) is 11.3. The fraction of sp³-hybridized carbons (Fsp3) is 0.308. The Hall–Kier alpha value is -4.18. The molecule has 3 aliphatic heterocycles. The number of hydrogen-bond donors (Lipinski definition) is 5. The maximum atomic E-state index is 10.9. The van der Waals surface area contributed by atoms with Crippen LogP contribution in [-0.4, -0.2) is 52.1 Å². The minimum absolute atomic E-state index is 0.0124. The van der Waals surface area contributed by atoms with Crippen molar-refractivity contribution in [3.05, 3.63) is 53.1 Å². The van der Waals surface area contributed by atoms with Gasteiger partial charge in [0.25, 0.3) is 0 Å². The van der Waals surface area contributed by atoms with Gasteiger partial charge in [0, 0.05) is 53.9 Å². The Labute approximate surface area is 205 Å². The second-order valence-corrected chi connectivity index (χ2v) is 9.27. The summed E-state index contributed by atoms with van der Waals surface area (Å²) in [6.45, 7) is 0.0286. The number of rotatable bonds is 4. The van der Waals surface area contributed by atoms with Gasteiger partial charge >= 0.3 is 0 Å². The molecule has 0 aliphatic carbocycles. The monoisotopic (exact) mass is 496 g/mol. The zero-order chi connectivity index (χ0) is 25.4. The molecule has 0 radical (unpaired) electrons. The molecule has 0 unspecified atom stereocenters. The van der Waals surface area contributed by atoms with Gasteiger partial charge < -0.3 is 49.2 Å². The van der Waals surface area contributed by atoms with Crippen LogP contribution in [0, 0.1) is 0 Å². The van der Waals surface area contributed by atoms with E-state index in [4.69, 9.17) is 23.7 Å². The normalized spacial score (nSPS) is 25.1. The Balaban J connectivity index is 1.51. The Bertz CT molecular complexity index is 1400. The van der Waals surface area contributed by atoms with Crippen molar-refractivity contribution in [1.82, 2.24) is 0 Å². The van der Waals surface area contributed by atoms with Crippen LogP contribution in [0.1, 0.15) is 29.0 Å². The average Bonchev–Trinajstić information content (AvgIpc) is 3.41. The summed E-state index contributed by atoms with van der Waals surface area (Å²) in [4.78, 5) is 0. The SMILES string of the molecule is COc1cc(O)c(C[C@]23Oc4cc(O)cc(O)c4[C@H]2C[C@@]2(COc4cc(O)cc(O)c42)O3)c(OC)c1. The molecule has 3 aromatic carbocycles. The molecular formula is C26H24O10. The van der Waals surface area contributed by atoms with Crippen LogP contribution in [0.4, 0.5) is 0 Å². The zero-order valence-corrected chi connectivity index (χ0v) is 19.4. The topological polar surface area (TPSA) is 147 Å². The third kappa shape index (κ3) is 3.00. The molecule has 1 spiro atoms. The molecule has 188 valence electrons. The molecule has 0 aromatic heterocycles. The Morgan fingerprint density at radius 2 is 1.58 bits per heavy atom. The number of benzene rings is 3. The van der Waals surface area contributed by atoms with Gasteiger partial charge in [0.2, 0.25) is 5.79 Å². The molecule has 3 aliphatic rings. The van der Waals surface area contributed by atoms with E-state index in [9.17, 15) is 25.5 Å². The van der Waals surface area contributed by atoms with Gasteiger partial charge in [0.05, 0.1) is 25.7 Å². The Kier molecular flexibility index (Phi) is 4.59. The number of hydrogen-bond acceptors (Lipinski definition) is 10. The van der Waals surface area contributed by atoms with Crippen LogP contribution >= 0.6 is 0 Å². The first kappa shape index (κ1) is 22.3. The lowest BCUT2D eigenvalue weighted by atomic mass is 9.81. The van der Waals surface area contributed by atoms with Crippen molar-refractivity contribution < 1.29 is 49.2 Å². The van der Waals surface area contributed by atoms with Crippen LogP contribution in [0.3, 0.4) is 0 Å². The third-order valence-corrected chi connectivity index (χ3v) is 7.19. The number of phenols is 5. The molecule has 10 nitrogen and oxygen atoms in total. The van der Waals surface area contributed by atoms with Gasteiger partial charge in [-0.25, -0.2) is 0 Å². The van der Waals surface area contributed by atoms with E-state index in [0.717, 1.165) is 0 Å². The summed E-state index contributed by atoms with van der Waals surface area (Å²) in [7, 11) is 2.93. The maximum absolute atomic E-state index is 10.9. The van der Waals surface area contributed by atoms with E-state index < -0.39 is 17.3 Å². The summed E-state index contributed by atoms with van der Waals surface area (Å²) >= 11 is 0. The van der Waals surface area contributed by atoms with Gasteiger partial charge in [0.15, 0.2) is 0 Å². The predicted molar refractivity (Wildman–Crippen MR) is 123 cm³/mol. The zero-order valence-electron chi connectivity index (χ0n) is 19.4. The second kappa shape index (κ2) is 7.41. The average molecular weight is 496 g/mol. The van der Waals surface area contributed by atoms with Crippen LogP contribution < -0.4 is 18.9 Å². The van der Waals surface area contributed by atoms with E-state index in [0.29, 0.717) is 28.2 Å². The summed E-state index contributed by atoms with van der Waals surface area (Å²) in [5.41, 5.74) is 0.00693. The number of ether oxygens (including phenoxy) is 5. The number of phenolic OH excluding ortho intramolecular Hbond substituents is 5. The van der Waals surface area contributed by atoms with Crippen molar-refractivity contribution >= 4 is 0 Å². The highest BCUT2D eigenvalue weighted by Gasteiger charge is 2.66. The summed E-state index contributed by atoms with van der Waals surface area (Å²) < 4.78 is 29.6.